The zero-order valence-corrected chi connectivity index (χ0v) is 14.0. The Morgan fingerprint density at radius 3 is 2.60 bits per heavy atom. The van der Waals surface area contributed by atoms with Gasteiger partial charge in [-0.25, -0.2) is 15.0 Å². The minimum atomic E-state index is -0.0890. The molecule has 108 valence electrons. The molecule has 20 heavy (non-hydrogen) atoms. The normalized spacial score (nSPS) is 11.7. The van der Waals surface area contributed by atoms with E-state index >= 15 is 0 Å². The first-order valence-electron chi connectivity index (χ1n) is 6.49. The highest BCUT2D eigenvalue weighted by molar-refractivity contribution is 8.00. The Labute approximate surface area is 127 Å². The Morgan fingerprint density at radius 1 is 1.30 bits per heavy atom. The molecule has 5 nitrogen and oxygen atoms in total. The Morgan fingerprint density at radius 2 is 2.05 bits per heavy atom. The third kappa shape index (κ3) is 3.46. The highest BCUT2D eigenvalue weighted by Crippen LogP contribution is 2.33. The Kier molecular flexibility index (Phi) is 4.59. The fourth-order valence-corrected chi connectivity index (χ4v) is 3.00. The summed E-state index contributed by atoms with van der Waals surface area (Å²) in [5.74, 6) is 1.74. The van der Waals surface area contributed by atoms with Gasteiger partial charge in [-0.3, -0.25) is 0 Å². The van der Waals surface area contributed by atoms with E-state index in [4.69, 9.17) is 4.98 Å². The molecule has 2 aromatic rings. The summed E-state index contributed by atoms with van der Waals surface area (Å²) in [5, 5.41) is 4.25. The summed E-state index contributed by atoms with van der Waals surface area (Å²) in [6.45, 7) is 11.3. The summed E-state index contributed by atoms with van der Waals surface area (Å²) in [7, 11) is 0. The number of rotatable bonds is 4. The van der Waals surface area contributed by atoms with Crippen LogP contribution in [0.2, 0.25) is 0 Å². The summed E-state index contributed by atoms with van der Waals surface area (Å²) in [4.78, 5) is 13.6. The molecule has 2 rings (SSSR count). The van der Waals surface area contributed by atoms with E-state index in [-0.39, 0.29) is 5.41 Å². The van der Waals surface area contributed by atoms with Crippen LogP contribution in [0.4, 0.5) is 5.82 Å². The molecule has 0 aromatic carbocycles. The van der Waals surface area contributed by atoms with Gasteiger partial charge in [0.25, 0.3) is 0 Å². The SMILES string of the molecule is CCNc1nc(C(C)(C)C)nc(Sc2ncns2)c1C. The number of nitrogens with one attached hydrogen (secondary N) is 1. The van der Waals surface area contributed by atoms with Gasteiger partial charge in [-0.1, -0.05) is 20.8 Å². The van der Waals surface area contributed by atoms with E-state index in [9.17, 15) is 0 Å². The summed E-state index contributed by atoms with van der Waals surface area (Å²) < 4.78 is 4.93. The molecule has 7 heteroatoms. The van der Waals surface area contributed by atoms with Gasteiger partial charge in [0.05, 0.1) is 0 Å². The first kappa shape index (κ1) is 15.2. The maximum atomic E-state index is 4.71. The largest absolute Gasteiger partial charge is 0.370 e. The van der Waals surface area contributed by atoms with E-state index in [1.807, 2.05) is 6.92 Å². The number of nitrogens with zero attached hydrogens (tertiary/aromatic N) is 4. The van der Waals surface area contributed by atoms with Crippen molar-refractivity contribution in [2.24, 2.45) is 0 Å². The summed E-state index contributed by atoms with van der Waals surface area (Å²) >= 11 is 2.93. The van der Waals surface area contributed by atoms with Crippen LogP contribution in [0.3, 0.4) is 0 Å². The van der Waals surface area contributed by atoms with Crippen molar-refractivity contribution in [3.63, 3.8) is 0 Å². The van der Waals surface area contributed by atoms with Crippen LogP contribution < -0.4 is 5.32 Å². The molecule has 0 saturated carbocycles. The van der Waals surface area contributed by atoms with Gasteiger partial charge in [-0.15, -0.1) is 0 Å². The minimum Gasteiger partial charge on any atom is -0.370 e. The smallest absolute Gasteiger partial charge is 0.176 e. The first-order chi connectivity index (χ1) is 9.41. The van der Waals surface area contributed by atoms with E-state index in [0.29, 0.717) is 0 Å². The number of aromatic nitrogens is 4. The van der Waals surface area contributed by atoms with Crippen molar-refractivity contribution in [3.8, 4) is 0 Å². The molecular weight excluding hydrogens is 290 g/mol. The second-order valence-electron chi connectivity index (χ2n) is 5.42. The fourth-order valence-electron chi connectivity index (χ4n) is 1.56. The minimum absolute atomic E-state index is 0.0890. The lowest BCUT2D eigenvalue weighted by Crippen LogP contribution is -2.18. The lowest BCUT2D eigenvalue weighted by atomic mass is 9.95. The van der Waals surface area contributed by atoms with Crippen molar-refractivity contribution < 1.29 is 0 Å². The first-order valence-corrected chi connectivity index (χ1v) is 8.08. The van der Waals surface area contributed by atoms with Crippen LogP contribution in [0.15, 0.2) is 15.7 Å². The maximum Gasteiger partial charge on any atom is 0.176 e. The molecule has 2 heterocycles. The van der Waals surface area contributed by atoms with Crippen LogP contribution in [0.25, 0.3) is 0 Å². The van der Waals surface area contributed by atoms with E-state index < -0.39 is 0 Å². The van der Waals surface area contributed by atoms with Crippen molar-refractivity contribution in [1.82, 2.24) is 19.3 Å². The standard InChI is InChI=1S/C13H19N5S2/c1-6-14-9-8(2)10(19-12-15-7-16-20-12)18-11(17-9)13(3,4)5/h7H,6H2,1-5H3,(H,14,17,18). The molecule has 1 N–H and O–H groups in total. The Bertz CT molecular complexity index is 575. The Balaban J connectivity index is 2.45. The summed E-state index contributed by atoms with van der Waals surface area (Å²) in [6.07, 6.45) is 1.57. The van der Waals surface area contributed by atoms with Gasteiger partial charge >= 0.3 is 0 Å². The number of hydrogen-bond donors (Lipinski definition) is 1. The van der Waals surface area contributed by atoms with Gasteiger partial charge in [0.2, 0.25) is 0 Å². The lowest BCUT2D eigenvalue weighted by molar-refractivity contribution is 0.538. The average molecular weight is 309 g/mol. The second-order valence-corrected chi connectivity index (χ2v) is 7.43. The zero-order chi connectivity index (χ0) is 14.8. The van der Waals surface area contributed by atoms with Crippen LogP contribution in [0, 0.1) is 6.92 Å². The lowest BCUT2D eigenvalue weighted by Gasteiger charge is -2.20. The van der Waals surface area contributed by atoms with Gasteiger partial charge in [0.15, 0.2) is 4.34 Å². The van der Waals surface area contributed by atoms with E-state index in [1.165, 1.54) is 11.5 Å². The van der Waals surface area contributed by atoms with Crippen molar-refractivity contribution >= 4 is 29.1 Å². The van der Waals surface area contributed by atoms with Crippen molar-refractivity contribution in [2.75, 3.05) is 11.9 Å². The number of hydrogen-bond acceptors (Lipinski definition) is 7. The van der Waals surface area contributed by atoms with Gasteiger partial charge in [-0.05, 0) is 37.1 Å². The molecular formula is C13H19N5S2. The zero-order valence-electron chi connectivity index (χ0n) is 12.4. The van der Waals surface area contributed by atoms with Gasteiger partial charge in [0.1, 0.15) is 23.0 Å². The molecule has 2 aromatic heterocycles. The molecule has 0 atom stereocenters. The highest BCUT2D eigenvalue weighted by Gasteiger charge is 2.21. The van der Waals surface area contributed by atoms with Crippen molar-refractivity contribution in [3.05, 3.63) is 17.7 Å². The van der Waals surface area contributed by atoms with Gasteiger partial charge < -0.3 is 5.32 Å². The van der Waals surface area contributed by atoms with Crippen LogP contribution in [-0.2, 0) is 5.41 Å². The van der Waals surface area contributed by atoms with Crippen LogP contribution in [-0.4, -0.2) is 25.9 Å². The fraction of sp³-hybridized carbons (Fsp3) is 0.538. The molecule has 0 bridgehead atoms. The Hall–Kier alpha value is -1.21. The highest BCUT2D eigenvalue weighted by atomic mass is 32.2. The van der Waals surface area contributed by atoms with E-state index in [2.05, 4.69) is 47.4 Å². The quantitative estimate of drug-likeness (QED) is 0.872. The average Bonchev–Trinajstić information content (AvgIpc) is 2.86. The topological polar surface area (TPSA) is 63.6 Å². The molecule has 0 aliphatic rings. The third-order valence-electron chi connectivity index (χ3n) is 2.64. The predicted octanol–water partition coefficient (Wildman–Crippen LogP) is 3.52. The molecule has 0 spiro atoms. The van der Waals surface area contributed by atoms with Crippen LogP contribution in [0.5, 0.6) is 0 Å². The molecule has 0 radical (unpaired) electrons. The molecule has 0 fully saturated rings. The molecule has 0 amide bonds. The number of anilines is 1. The predicted molar refractivity (Wildman–Crippen MR) is 83.7 cm³/mol. The van der Waals surface area contributed by atoms with Gasteiger partial charge in [-0.2, -0.15) is 4.37 Å². The second kappa shape index (κ2) is 6.05. The molecule has 0 aliphatic carbocycles. The third-order valence-corrected chi connectivity index (χ3v) is 4.45. The van der Waals surface area contributed by atoms with Crippen LogP contribution >= 0.6 is 23.3 Å². The van der Waals surface area contributed by atoms with E-state index in [1.54, 1.807) is 18.1 Å². The van der Waals surface area contributed by atoms with Crippen molar-refractivity contribution in [1.29, 1.82) is 0 Å². The molecule has 0 unspecified atom stereocenters. The van der Waals surface area contributed by atoms with E-state index in [0.717, 1.165) is 33.1 Å². The summed E-state index contributed by atoms with van der Waals surface area (Å²) in [6, 6.07) is 0. The van der Waals surface area contributed by atoms with Crippen molar-refractivity contribution in [2.45, 2.75) is 49.4 Å². The van der Waals surface area contributed by atoms with Gasteiger partial charge in [0, 0.05) is 17.5 Å². The monoisotopic (exact) mass is 309 g/mol. The molecule has 0 saturated heterocycles. The molecule has 0 aliphatic heterocycles. The maximum absolute atomic E-state index is 4.71. The summed E-state index contributed by atoms with van der Waals surface area (Å²) in [5.41, 5.74) is 0.967. The van der Waals surface area contributed by atoms with Crippen LogP contribution in [0.1, 0.15) is 39.1 Å².